The molecule has 0 atom stereocenters. The number of fused-ring (bicyclic) bond motifs is 1. The SMILES string of the molecule is Cc1noc(C)c1S(=O)(=O)N1CCC(C(=O)Nc2nc3ccccc3n2C2CCCCC2)CC1. The third kappa shape index (κ3) is 4.13. The van der Waals surface area contributed by atoms with Crippen molar-refractivity contribution in [2.24, 2.45) is 5.92 Å². The number of piperidine rings is 1. The second-order valence-corrected chi connectivity index (χ2v) is 11.3. The topological polar surface area (TPSA) is 110 Å². The van der Waals surface area contributed by atoms with Gasteiger partial charge < -0.3 is 9.09 Å². The minimum atomic E-state index is -3.70. The van der Waals surface area contributed by atoms with Gasteiger partial charge in [-0.05, 0) is 51.7 Å². The van der Waals surface area contributed by atoms with Crippen molar-refractivity contribution in [3.63, 3.8) is 0 Å². The number of rotatable bonds is 5. The summed E-state index contributed by atoms with van der Waals surface area (Å²) in [5.41, 5.74) is 2.29. The molecule has 0 unspecified atom stereocenters. The van der Waals surface area contributed by atoms with E-state index in [4.69, 9.17) is 9.51 Å². The molecule has 34 heavy (non-hydrogen) atoms. The van der Waals surface area contributed by atoms with Crippen LogP contribution in [0.3, 0.4) is 0 Å². The lowest BCUT2D eigenvalue weighted by molar-refractivity contribution is -0.121. The van der Waals surface area contributed by atoms with Crippen LogP contribution in [0.5, 0.6) is 0 Å². The smallest absolute Gasteiger partial charge is 0.248 e. The van der Waals surface area contributed by atoms with Crippen LogP contribution in [-0.4, -0.2) is 46.4 Å². The van der Waals surface area contributed by atoms with Crippen LogP contribution in [0.1, 0.15) is 62.4 Å². The lowest BCUT2D eigenvalue weighted by Crippen LogP contribution is -2.41. The van der Waals surface area contributed by atoms with Gasteiger partial charge in [-0.2, -0.15) is 4.31 Å². The molecule has 10 heteroatoms. The number of amides is 1. The maximum Gasteiger partial charge on any atom is 0.248 e. The molecule has 1 aromatic carbocycles. The summed E-state index contributed by atoms with van der Waals surface area (Å²) in [6, 6.07) is 8.33. The van der Waals surface area contributed by atoms with E-state index in [1.165, 1.54) is 23.6 Å². The number of nitrogens with zero attached hydrogens (tertiary/aromatic N) is 4. The summed E-state index contributed by atoms with van der Waals surface area (Å²) in [4.78, 5) is 18.1. The lowest BCUT2D eigenvalue weighted by Gasteiger charge is -2.30. The van der Waals surface area contributed by atoms with Crippen LogP contribution in [0.25, 0.3) is 11.0 Å². The Morgan fingerprint density at radius 3 is 2.44 bits per heavy atom. The van der Waals surface area contributed by atoms with Gasteiger partial charge in [-0.1, -0.05) is 36.6 Å². The van der Waals surface area contributed by atoms with Gasteiger partial charge in [-0.15, -0.1) is 0 Å². The normalized spacial score (nSPS) is 19.0. The van der Waals surface area contributed by atoms with Crippen LogP contribution in [0.4, 0.5) is 5.95 Å². The molecule has 1 saturated heterocycles. The zero-order valence-electron chi connectivity index (χ0n) is 19.7. The fraction of sp³-hybridized carbons (Fsp3) is 0.542. The van der Waals surface area contributed by atoms with Gasteiger partial charge in [0.25, 0.3) is 0 Å². The average Bonchev–Trinajstić information content (AvgIpc) is 3.38. The minimum absolute atomic E-state index is 0.0956. The van der Waals surface area contributed by atoms with Crippen molar-refractivity contribution in [2.45, 2.75) is 69.7 Å². The van der Waals surface area contributed by atoms with Gasteiger partial charge >= 0.3 is 0 Å². The molecule has 1 aliphatic carbocycles. The van der Waals surface area contributed by atoms with E-state index in [1.807, 2.05) is 18.2 Å². The molecule has 1 N–H and O–H groups in total. The van der Waals surface area contributed by atoms with E-state index < -0.39 is 10.0 Å². The molecular formula is C24H31N5O4S. The number of carbonyl (C=O) groups excluding carboxylic acids is 1. The van der Waals surface area contributed by atoms with Crippen LogP contribution in [0, 0.1) is 19.8 Å². The van der Waals surface area contributed by atoms with E-state index in [1.54, 1.807) is 13.8 Å². The molecule has 182 valence electrons. The first-order valence-corrected chi connectivity index (χ1v) is 13.5. The number of anilines is 1. The van der Waals surface area contributed by atoms with Crippen LogP contribution in [0.2, 0.25) is 0 Å². The second-order valence-electron chi connectivity index (χ2n) is 9.41. The predicted molar refractivity (Wildman–Crippen MR) is 128 cm³/mol. The van der Waals surface area contributed by atoms with Gasteiger partial charge in [0.2, 0.25) is 21.9 Å². The maximum atomic E-state index is 13.2. The lowest BCUT2D eigenvalue weighted by atomic mass is 9.95. The van der Waals surface area contributed by atoms with Crippen LogP contribution < -0.4 is 5.32 Å². The summed E-state index contributed by atoms with van der Waals surface area (Å²) in [5.74, 6) is 0.528. The first-order valence-electron chi connectivity index (χ1n) is 12.1. The zero-order chi connectivity index (χ0) is 23.9. The highest BCUT2D eigenvalue weighted by atomic mass is 32.2. The van der Waals surface area contributed by atoms with Crippen molar-refractivity contribution < 1.29 is 17.7 Å². The van der Waals surface area contributed by atoms with E-state index in [0.717, 1.165) is 23.9 Å². The number of sulfonamides is 1. The van der Waals surface area contributed by atoms with E-state index in [0.29, 0.717) is 36.3 Å². The summed E-state index contributed by atoms with van der Waals surface area (Å²) >= 11 is 0. The van der Waals surface area contributed by atoms with E-state index in [2.05, 4.69) is 21.1 Å². The number of hydrogen-bond acceptors (Lipinski definition) is 6. The van der Waals surface area contributed by atoms with Gasteiger partial charge in [0, 0.05) is 25.0 Å². The fourth-order valence-electron chi connectivity index (χ4n) is 5.38. The Kier molecular flexibility index (Phi) is 6.20. The number of imidazole rings is 1. The van der Waals surface area contributed by atoms with Crippen molar-refractivity contribution in [2.75, 3.05) is 18.4 Å². The molecule has 0 radical (unpaired) electrons. The molecule has 3 heterocycles. The summed E-state index contributed by atoms with van der Waals surface area (Å²) in [6.07, 6.45) is 6.70. The highest BCUT2D eigenvalue weighted by Crippen LogP contribution is 2.35. The quantitative estimate of drug-likeness (QED) is 0.580. The number of aromatic nitrogens is 3. The molecule has 2 aliphatic rings. The van der Waals surface area contributed by atoms with Gasteiger partial charge in [0.05, 0.1) is 11.0 Å². The van der Waals surface area contributed by atoms with E-state index in [9.17, 15) is 13.2 Å². The molecule has 9 nitrogen and oxygen atoms in total. The molecule has 0 spiro atoms. The molecule has 1 aliphatic heterocycles. The number of nitrogens with one attached hydrogen (secondary N) is 1. The summed E-state index contributed by atoms with van der Waals surface area (Å²) in [6.45, 7) is 3.79. The largest absolute Gasteiger partial charge is 0.360 e. The standard InChI is InChI=1S/C24H31N5O4S/c1-16-22(17(2)33-27-16)34(31,32)28-14-12-18(13-15-28)23(30)26-24-25-20-10-6-7-11-21(20)29(24)19-8-4-3-5-9-19/h6-7,10-11,18-19H,3-5,8-9,12-15H2,1-2H3,(H,25,26,30). The van der Waals surface area contributed by atoms with Gasteiger partial charge in [-0.3, -0.25) is 10.1 Å². The Morgan fingerprint density at radius 2 is 1.76 bits per heavy atom. The zero-order valence-corrected chi connectivity index (χ0v) is 20.5. The third-order valence-electron chi connectivity index (χ3n) is 7.16. The van der Waals surface area contributed by atoms with Gasteiger partial charge in [-0.25, -0.2) is 13.4 Å². The number of aryl methyl sites for hydroxylation is 2. The average molecular weight is 486 g/mol. The third-order valence-corrected chi connectivity index (χ3v) is 9.30. The number of carbonyl (C=O) groups is 1. The number of hydrogen-bond donors (Lipinski definition) is 1. The number of para-hydroxylation sites is 2. The molecule has 2 fully saturated rings. The Hall–Kier alpha value is -2.72. The van der Waals surface area contributed by atoms with Crippen molar-refractivity contribution in [3.8, 4) is 0 Å². The van der Waals surface area contributed by atoms with Crippen molar-refractivity contribution in [1.82, 2.24) is 19.0 Å². The highest BCUT2D eigenvalue weighted by Gasteiger charge is 2.36. The van der Waals surface area contributed by atoms with Crippen LogP contribution in [0.15, 0.2) is 33.7 Å². The highest BCUT2D eigenvalue weighted by molar-refractivity contribution is 7.89. The van der Waals surface area contributed by atoms with Gasteiger partial charge in [0.15, 0.2) is 5.76 Å². The van der Waals surface area contributed by atoms with Crippen molar-refractivity contribution in [3.05, 3.63) is 35.7 Å². The van der Waals surface area contributed by atoms with Crippen LogP contribution in [-0.2, 0) is 14.8 Å². The van der Waals surface area contributed by atoms with Crippen molar-refractivity contribution >= 4 is 32.9 Å². The van der Waals surface area contributed by atoms with Crippen molar-refractivity contribution in [1.29, 1.82) is 0 Å². The Morgan fingerprint density at radius 1 is 1.06 bits per heavy atom. The fourth-order valence-corrected chi connectivity index (χ4v) is 7.14. The van der Waals surface area contributed by atoms with Crippen LogP contribution >= 0.6 is 0 Å². The molecule has 3 aromatic rings. The first kappa shape index (κ1) is 23.0. The first-order chi connectivity index (χ1) is 16.4. The second kappa shape index (κ2) is 9.14. The Labute approximate surface area is 199 Å². The van der Waals surface area contributed by atoms with E-state index in [-0.39, 0.29) is 29.8 Å². The van der Waals surface area contributed by atoms with Gasteiger partial charge in [0.1, 0.15) is 10.6 Å². The maximum absolute atomic E-state index is 13.2. The molecule has 2 aromatic heterocycles. The Balaban J connectivity index is 1.31. The molecular weight excluding hydrogens is 454 g/mol. The van der Waals surface area contributed by atoms with E-state index >= 15 is 0 Å². The molecule has 1 amide bonds. The summed E-state index contributed by atoms with van der Waals surface area (Å²) < 4.78 is 34.9. The molecule has 1 saturated carbocycles. The summed E-state index contributed by atoms with van der Waals surface area (Å²) in [7, 11) is -3.70. The Bertz CT molecular complexity index is 1280. The summed E-state index contributed by atoms with van der Waals surface area (Å²) in [5, 5.41) is 6.86. The monoisotopic (exact) mass is 485 g/mol. The molecule has 5 rings (SSSR count). The predicted octanol–water partition coefficient (Wildman–Crippen LogP) is 4.19. The molecule has 0 bridgehead atoms. The minimum Gasteiger partial charge on any atom is -0.360 e. The number of benzene rings is 1.